The van der Waals surface area contributed by atoms with E-state index in [9.17, 15) is 9.59 Å². The quantitative estimate of drug-likeness (QED) is 0.773. The van der Waals surface area contributed by atoms with Crippen molar-refractivity contribution in [1.82, 2.24) is 14.7 Å². The first kappa shape index (κ1) is 17.7. The molecule has 2 saturated heterocycles. The largest absolute Gasteiger partial charge is 0.340 e. The molecule has 0 spiro atoms. The normalized spacial score (nSPS) is 26.8. The first-order valence-corrected chi connectivity index (χ1v) is 9.96. The van der Waals surface area contributed by atoms with Gasteiger partial charge in [0.05, 0.1) is 5.92 Å². The summed E-state index contributed by atoms with van der Waals surface area (Å²) >= 11 is 0. The molecule has 24 heavy (non-hydrogen) atoms. The standard InChI is InChI=1S/C19H33N3O2/c1-3-16(4-2)22-14-15(13-18(22)23)19(24)21-11-9-20(10-12-21)17-7-5-6-8-17/h15-17H,3-14H2,1-2H3. The highest BCUT2D eigenvalue weighted by Gasteiger charge is 2.39. The summed E-state index contributed by atoms with van der Waals surface area (Å²) in [6, 6.07) is 1.05. The van der Waals surface area contributed by atoms with Gasteiger partial charge in [0, 0.05) is 51.2 Å². The second-order valence-electron chi connectivity index (χ2n) is 7.72. The van der Waals surface area contributed by atoms with Crippen molar-refractivity contribution in [2.45, 2.75) is 70.9 Å². The van der Waals surface area contributed by atoms with E-state index in [0.717, 1.165) is 45.1 Å². The second kappa shape index (κ2) is 7.85. The van der Waals surface area contributed by atoms with Crippen molar-refractivity contribution in [1.29, 1.82) is 0 Å². The van der Waals surface area contributed by atoms with Crippen LogP contribution in [-0.2, 0) is 9.59 Å². The number of hydrogen-bond donors (Lipinski definition) is 0. The Morgan fingerprint density at radius 3 is 2.29 bits per heavy atom. The number of rotatable bonds is 5. The van der Waals surface area contributed by atoms with Crippen molar-refractivity contribution in [3.8, 4) is 0 Å². The number of carbonyl (C=O) groups excluding carboxylic acids is 2. The SMILES string of the molecule is CCC(CC)N1CC(C(=O)N2CCN(C3CCCC3)CC2)CC1=O. The van der Waals surface area contributed by atoms with E-state index in [-0.39, 0.29) is 17.7 Å². The number of hydrogen-bond acceptors (Lipinski definition) is 3. The Morgan fingerprint density at radius 1 is 1.08 bits per heavy atom. The van der Waals surface area contributed by atoms with E-state index in [1.54, 1.807) is 0 Å². The summed E-state index contributed by atoms with van der Waals surface area (Å²) in [5, 5.41) is 0. The van der Waals surface area contributed by atoms with Crippen molar-refractivity contribution in [2.75, 3.05) is 32.7 Å². The second-order valence-corrected chi connectivity index (χ2v) is 7.72. The lowest BCUT2D eigenvalue weighted by molar-refractivity contribution is -0.137. The Labute approximate surface area is 146 Å². The van der Waals surface area contributed by atoms with E-state index >= 15 is 0 Å². The lowest BCUT2D eigenvalue weighted by Gasteiger charge is -2.39. The third-order valence-electron chi connectivity index (χ3n) is 6.36. The molecule has 5 nitrogen and oxygen atoms in total. The summed E-state index contributed by atoms with van der Waals surface area (Å²) in [5.74, 6) is 0.269. The first-order valence-electron chi connectivity index (χ1n) is 9.96. The van der Waals surface area contributed by atoms with Gasteiger partial charge in [-0.15, -0.1) is 0 Å². The van der Waals surface area contributed by atoms with Gasteiger partial charge in [0.1, 0.15) is 0 Å². The van der Waals surface area contributed by atoms with Crippen molar-refractivity contribution in [3.63, 3.8) is 0 Å². The highest BCUT2D eigenvalue weighted by Crippen LogP contribution is 2.27. The van der Waals surface area contributed by atoms with Crippen LogP contribution in [0.3, 0.4) is 0 Å². The maximum Gasteiger partial charge on any atom is 0.228 e. The minimum absolute atomic E-state index is 0.115. The number of likely N-dealkylation sites (tertiary alicyclic amines) is 1. The van der Waals surface area contributed by atoms with E-state index < -0.39 is 0 Å². The molecule has 0 bridgehead atoms. The molecule has 1 aliphatic carbocycles. The fourth-order valence-electron chi connectivity index (χ4n) is 4.81. The smallest absolute Gasteiger partial charge is 0.228 e. The Balaban J connectivity index is 1.51. The molecule has 2 aliphatic heterocycles. The highest BCUT2D eigenvalue weighted by molar-refractivity contribution is 5.89. The highest BCUT2D eigenvalue weighted by atomic mass is 16.2. The molecule has 3 rings (SSSR count). The van der Waals surface area contributed by atoms with E-state index in [4.69, 9.17) is 0 Å². The van der Waals surface area contributed by atoms with Gasteiger partial charge in [-0.25, -0.2) is 0 Å². The molecule has 2 amide bonds. The van der Waals surface area contributed by atoms with Crippen LogP contribution in [0.1, 0.15) is 58.8 Å². The summed E-state index contributed by atoms with van der Waals surface area (Å²) in [7, 11) is 0. The fraction of sp³-hybridized carbons (Fsp3) is 0.895. The van der Waals surface area contributed by atoms with Crippen molar-refractivity contribution in [2.24, 2.45) is 5.92 Å². The van der Waals surface area contributed by atoms with Crippen LogP contribution in [0.25, 0.3) is 0 Å². The molecule has 3 aliphatic rings. The summed E-state index contributed by atoms with van der Waals surface area (Å²) in [6.45, 7) is 8.57. The van der Waals surface area contributed by atoms with E-state index in [1.165, 1.54) is 25.7 Å². The van der Waals surface area contributed by atoms with Crippen molar-refractivity contribution in [3.05, 3.63) is 0 Å². The molecular weight excluding hydrogens is 302 g/mol. The third kappa shape index (κ3) is 3.61. The van der Waals surface area contributed by atoms with Crippen LogP contribution < -0.4 is 0 Å². The zero-order valence-corrected chi connectivity index (χ0v) is 15.4. The topological polar surface area (TPSA) is 43.9 Å². The van der Waals surface area contributed by atoms with Gasteiger partial charge in [-0.2, -0.15) is 0 Å². The number of amides is 2. The molecule has 0 aromatic carbocycles. The summed E-state index contributed by atoms with van der Waals surface area (Å²) in [6.07, 6.45) is 7.75. The van der Waals surface area contributed by atoms with Crippen LogP contribution in [0.4, 0.5) is 0 Å². The average molecular weight is 335 g/mol. The van der Waals surface area contributed by atoms with Gasteiger partial charge < -0.3 is 9.80 Å². The van der Waals surface area contributed by atoms with E-state index in [2.05, 4.69) is 18.7 Å². The molecule has 3 fully saturated rings. The van der Waals surface area contributed by atoms with Gasteiger partial charge in [0.25, 0.3) is 0 Å². The molecule has 2 heterocycles. The predicted molar refractivity (Wildman–Crippen MR) is 94.6 cm³/mol. The Kier molecular flexibility index (Phi) is 5.80. The van der Waals surface area contributed by atoms with Gasteiger partial charge in [-0.3, -0.25) is 14.5 Å². The first-order chi connectivity index (χ1) is 11.6. The number of piperazine rings is 1. The van der Waals surface area contributed by atoms with Gasteiger partial charge in [0.2, 0.25) is 11.8 Å². The van der Waals surface area contributed by atoms with Crippen LogP contribution in [0.5, 0.6) is 0 Å². The van der Waals surface area contributed by atoms with Gasteiger partial charge in [-0.05, 0) is 25.7 Å². The molecule has 136 valence electrons. The van der Waals surface area contributed by atoms with Crippen molar-refractivity contribution >= 4 is 11.8 Å². The lowest BCUT2D eigenvalue weighted by Crippen LogP contribution is -2.53. The lowest BCUT2D eigenvalue weighted by atomic mass is 10.1. The molecule has 1 atom stereocenters. The van der Waals surface area contributed by atoms with Gasteiger partial charge in [-0.1, -0.05) is 26.7 Å². The third-order valence-corrected chi connectivity index (χ3v) is 6.36. The molecule has 1 unspecified atom stereocenters. The average Bonchev–Trinajstić information content (AvgIpc) is 3.26. The monoisotopic (exact) mass is 335 g/mol. The maximum atomic E-state index is 12.8. The summed E-state index contributed by atoms with van der Waals surface area (Å²) < 4.78 is 0. The van der Waals surface area contributed by atoms with Crippen LogP contribution in [0, 0.1) is 5.92 Å². The van der Waals surface area contributed by atoms with Gasteiger partial charge in [0.15, 0.2) is 0 Å². The molecule has 0 N–H and O–H groups in total. The van der Waals surface area contributed by atoms with E-state index in [1.807, 2.05) is 9.80 Å². The number of carbonyl (C=O) groups is 2. The van der Waals surface area contributed by atoms with Crippen molar-refractivity contribution < 1.29 is 9.59 Å². The van der Waals surface area contributed by atoms with Crippen LogP contribution in [0.2, 0.25) is 0 Å². The molecule has 0 radical (unpaired) electrons. The van der Waals surface area contributed by atoms with E-state index in [0.29, 0.717) is 19.0 Å². The summed E-state index contributed by atoms with van der Waals surface area (Å²) in [4.78, 5) is 31.7. The van der Waals surface area contributed by atoms with Crippen LogP contribution in [0.15, 0.2) is 0 Å². The molecule has 0 aromatic heterocycles. The fourth-order valence-corrected chi connectivity index (χ4v) is 4.81. The Hall–Kier alpha value is -1.10. The summed E-state index contributed by atoms with van der Waals surface area (Å²) in [5.41, 5.74) is 0. The minimum Gasteiger partial charge on any atom is -0.340 e. The van der Waals surface area contributed by atoms with Crippen LogP contribution in [-0.4, -0.2) is 71.3 Å². The minimum atomic E-state index is -0.115. The molecule has 0 aromatic rings. The Morgan fingerprint density at radius 2 is 1.71 bits per heavy atom. The maximum absolute atomic E-state index is 12.8. The molecule has 5 heteroatoms. The number of nitrogens with zero attached hydrogens (tertiary/aromatic N) is 3. The predicted octanol–water partition coefficient (Wildman–Crippen LogP) is 2.11. The zero-order chi connectivity index (χ0) is 17.1. The Bertz CT molecular complexity index is 450. The van der Waals surface area contributed by atoms with Crippen LogP contribution >= 0.6 is 0 Å². The zero-order valence-electron chi connectivity index (χ0n) is 15.4. The molecule has 1 saturated carbocycles. The molecular formula is C19H33N3O2. The van der Waals surface area contributed by atoms with Gasteiger partial charge >= 0.3 is 0 Å².